The molecule has 4 rings (SSSR count). The van der Waals surface area contributed by atoms with Crippen molar-refractivity contribution in [2.75, 3.05) is 53.6 Å². The Kier molecular flexibility index (Phi) is 6.42. The van der Waals surface area contributed by atoms with E-state index < -0.39 is 0 Å². The molecule has 7 heteroatoms. The van der Waals surface area contributed by atoms with Gasteiger partial charge in [-0.15, -0.1) is 0 Å². The van der Waals surface area contributed by atoms with Gasteiger partial charge in [0.15, 0.2) is 0 Å². The lowest BCUT2D eigenvalue weighted by molar-refractivity contribution is -0.139. The zero-order valence-electron chi connectivity index (χ0n) is 18.0. The van der Waals surface area contributed by atoms with Crippen LogP contribution in [0.1, 0.15) is 21.8 Å². The minimum Gasteiger partial charge on any atom is -0.497 e. The summed E-state index contributed by atoms with van der Waals surface area (Å²) in [5, 5.41) is 0. The van der Waals surface area contributed by atoms with Crippen LogP contribution in [0, 0.1) is 5.92 Å². The van der Waals surface area contributed by atoms with Gasteiger partial charge >= 0.3 is 0 Å². The highest BCUT2D eigenvalue weighted by atomic mass is 16.5. The summed E-state index contributed by atoms with van der Waals surface area (Å²) in [5.74, 6) is 1.14. The number of nitrogens with zero attached hydrogens (tertiary/aromatic N) is 2. The lowest BCUT2D eigenvalue weighted by Crippen LogP contribution is -2.45. The average Bonchev–Trinajstić information content (AvgIpc) is 3.29. The number of carbonyl (C=O) groups excluding carboxylic acids is 2. The van der Waals surface area contributed by atoms with Crippen LogP contribution in [0.25, 0.3) is 0 Å². The van der Waals surface area contributed by atoms with Crippen molar-refractivity contribution >= 4 is 11.8 Å². The monoisotopic (exact) mass is 424 g/mol. The lowest BCUT2D eigenvalue weighted by atomic mass is 9.88. The van der Waals surface area contributed by atoms with Crippen molar-refractivity contribution in [3.05, 3.63) is 59.7 Å². The number of hydrogen-bond donors (Lipinski definition) is 0. The van der Waals surface area contributed by atoms with Gasteiger partial charge in [-0.1, -0.05) is 12.1 Å². The largest absolute Gasteiger partial charge is 0.497 e. The summed E-state index contributed by atoms with van der Waals surface area (Å²) in [4.78, 5) is 30.2. The molecule has 2 amide bonds. The number of rotatable bonds is 5. The van der Waals surface area contributed by atoms with Crippen LogP contribution in [0.4, 0.5) is 0 Å². The van der Waals surface area contributed by atoms with E-state index in [1.807, 2.05) is 29.2 Å². The molecule has 31 heavy (non-hydrogen) atoms. The van der Waals surface area contributed by atoms with Crippen LogP contribution >= 0.6 is 0 Å². The Hall–Kier alpha value is -3.06. The smallest absolute Gasteiger partial charge is 0.253 e. The Morgan fingerprint density at radius 3 is 2.00 bits per heavy atom. The van der Waals surface area contributed by atoms with Crippen molar-refractivity contribution in [2.45, 2.75) is 5.92 Å². The second-order valence-corrected chi connectivity index (χ2v) is 7.86. The molecule has 7 nitrogen and oxygen atoms in total. The molecule has 2 heterocycles. The van der Waals surface area contributed by atoms with E-state index in [4.69, 9.17) is 14.2 Å². The van der Waals surface area contributed by atoms with Gasteiger partial charge in [-0.3, -0.25) is 9.59 Å². The zero-order chi connectivity index (χ0) is 21.8. The van der Waals surface area contributed by atoms with Crippen LogP contribution in [0.5, 0.6) is 11.5 Å². The van der Waals surface area contributed by atoms with Crippen molar-refractivity contribution in [1.82, 2.24) is 9.80 Å². The number of amides is 2. The van der Waals surface area contributed by atoms with E-state index in [-0.39, 0.29) is 23.7 Å². The first-order valence-corrected chi connectivity index (χ1v) is 10.5. The van der Waals surface area contributed by atoms with Gasteiger partial charge < -0.3 is 24.0 Å². The van der Waals surface area contributed by atoms with E-state index in [1.165, 1.54) is 0 Å². The first-order valence-electron chi connectivity index (χ1n) is 10.5. The fourth-order valence-corrected chi connectivity index (χ4v) is 4.34. The van der Waals surface area contributed by atoms with E-state index in [0.717, 1.165) is 11.3 Å². The van der Waals surface area contributed by atoms with Gasteiger partial charge in [-0.2, -0.15) is 0 Å². The molecular weight excluding hydrogens is 396 g/mol. The van der Waals surface area contributed by atoms with E-state index in [2.05, 4.69) is 0 Å². The van der Waals surface area contributed by atoms with Crippen LogP contribution in [-0.2, 0) is 9.53 Å². The van der Waals surface area contributed by atoms with Crippen molar-refractivity contribution in [2.24, 2.45) is 5.92 Å². The summed E-state index contributed by atoms with van der Waals surface area (Å²) in [6, 6.07) is 14.9. The van der Waals surface area contributed by atoms with E-state index in [0.29, 0.717) is 50.7 Å². The standard InChI is InChI=1S/C24H28N2O5/c1-29-19-7-3-17(4-8-19)21-15-26(23(27)18-5-9-20(30-2)10-6-18)16-22(21)24(28)25-11-13-31-14-12-25/h3-10,21-22H,11-16H2,1-2H3. The SMILES string of the molecule is COc1ccc(C(=O)N2CC(C(=O)N3CCOCC3)C(c3ccc(OC)cc3)C2)cc1. The minimum absolute atomic E-state index is 0.0663. The van der Waals surface area contributed by atoms with Crippen LogP contribution in [-0.4, -0.2) is 75.2 Å². The fourth-order valence-electron chi connectivity index (χ4n) is 4.34. The number of likely N-dealkylation sites (tertiary alicyclic amines) is 1. The molecule has 0 aliphatic carbocycles. The van der Waals surface area contributed by atoms with Gasteiger partial charge in [0.05, 0.1) is 33.4 Å². The zero-order valence-corrected chi connectivity index (χ0v) is 18.0. The molecule has 2 aromatic carbocycles. The molecule has 0 aromatic heterocycles. The number of methoxy groups -OCH3 is 2. The highest BCUT2D eigenvalue weighted by Crippen LogP contribution is 2.36. The fraction of sp³-hybridized carbons (Fsp3) is 0.417. The first-order chi connectivity index (χ1) is 15.1. The van der Waals surface area contributed by atoms with E-state index >= 15 is 0 Å². The third-order valence-corrected chi connectivity index (χ3v) is 6.13. The van der Waals surface area contributed by atoms with Crippen molar-refractivity contribution in [3.8, 4) is 11.5 Å². The maximum Gasteiger partial charge on any atom is 0.253 e. The number of morpholine rings is 1. The normalized spacial score (nSPS) is 21.1. The minimum atomic E-state index is -0.284. The summed E-state index contributed by atoms with van der Waals surface area (Å²) in [7, 11) is 3.23. The summed E-state index contributed by atoms with van der Waals surface area (Å²) in [5.41, 5.74) is 1.63. The third-order valence-electron chi connectivity index (χ3n) is 6.13. The average molecular weight is 424 g/mol. The van der Waals surface area contributed by atoms with E-state index in [1.54, 1.807) is 43.4 Å². The second kappa shape index (κ2) is 9.39. The maximum atomic E-state index is 13.4. The molecule has 2 aliphatic heterocycles. The summed E-state index contributed by atoms with van der Waals surface area (Å²) in [6.07, 6.45) is 0. The first kappa shape index (κ1) is 21.2. The second-order valence-electron chi connectivity index (χ2n) is 7.86. The van der Waals surface area contributed by atoms with Crippen LogP contribution < -0.4 is 9.47 Å². The lowest BCUT2D eigenvalue weighted by Gasteiger charge is -2.30. The van der Waals surface area contributed by atoms with Gasteiger partial charge in [0.1, 0.15) is 11.5 Å². The van der Waals surface area contributed by atoms with Gasteiger partial charge in [0.2, 0.25) is 5.91 Å². The molecule has 0 radical (unpaired) electrons. The number of carbonyl (C=O) groups is 2. The third kappa shape index (κ3) is 4.51. The van der Waals surface area contributed by atoms with Crippen LogP contribution in [0.2, 0.25) is 0 Å². The van der Waals surface area contributed by atoms with Gasteiger partial charge in [-0.25, -0.2) is 0 Å². The Bertz CT molecular complexity index is 907. The van der Waals surface area contributed by atoms with Crippen molar-refractivity contribution in [3.63, 3.8) is 0 Å². The highest BCUT2D eigenvalue weighted by molar-refractivity contribution is 5.95. The number of ether oxygens (including phenoxy) is 3. The molecular formula is C24H28N2O5. The molecule has 2 saturated heterocycles. The Labute approximate surface area is 182 Å². The van der Waals surface area contributed by atoms with Gasteiger partial charge in [0, 0.05) is 37.7 Å². The summed E-state index contributed by atoms with van der Waals surface area (Å²) in [6.45, 7) is 3.20. The maximum absolute atomic E-state index is 13.4. The number of benzene rings is 2. The molecule has 2 fully saturated rings. The molecule has 0 saturated carbocycles. The van der Waals surface area contributed by atoms with Crippen LogP contribution in [0.15, 0.2) is 48.5 Å². The van der Waals surface area contributed by atoms with Crippen LogP contribution in [0.3, 0.4) is 0 Å². The number of hydrogen-bond acceptors (Lipinski definition) is 5. The van der Waals surface area contributed by atoms with Crippen molar-refractivity contribution in [1.29, 1.82) is 0 Å². The molecule has 164 valence electrons. The molecule has 2 aliphatic rings. The Morgan fingerprint density at radius 1 is 0.839 bits per heavy atom. The molecule has 0 N–H and O–H groups in total. The molecule has 2 atom stereocenters. The predicted octanol–water partition coefficient (Wildman–Crippen LogP) is 2.42. The van der Waals surface area contributed by atoms with Gasteiger partial charge in [-0.05, 0) is 42.0 Å². The predicted molar refractivity (Wildman–Crippen MR) is 116 cm³/mol. The highest BCUT2D eigenvalue weighted by Gasteiger charge is 2.42. The Morgan fingerprint density at radius 2 is 1.42 bits per heavy atom. The van der Waals surface area contributed by atoms with Gasteiger partial charge in [0.25, 0.3) is 5.91 Å². The van der Waals surface area contributed by atoms with E-state index in [9.17, 15) is 9.59 Å². The molecule has 2 aromatic rings. The molecule has 2 unspecified atom stereocenters. The van der Waals surface area contributed by atoms with Crippen molar-refractivity contribution < 1.29 is 23.8 Å². The quantitative estimate of drug-likeness (QED) is 0.738. The topological polar surface area (TPSA) is 68.3 Å². The molecule has 0 bridgehead atoms. The summed E-state index contributed by atoms with van der Waals surface area (Å²) >= 11 is 0. The molecule has 0 spiro atoms. The Balaban J connectivity index is 1.58. The summed E-state index contributed by atoms with van der Waals surface area (Å²) < 4.78 is 15.9.